The smallest absolute Gasteiger partial charge is 0.263 e. The summed E-state index contributed by atoms with van der Waals surface area (Å²) in [5.74, 6) is 2.13. The molecular formula is C18H31N3O. The Bertz CT molecular complexity index is 473. The van der Waals surface area contributed by atoms with Crippen molar-refractivity contribution >= 4 is 5.95 Å². The Labute approximate surface area is 134 Å². The van der Waals surface area contributed by atoms with E-state index >= 15 is 0 Å². The lowest BCUT2D eigenvalue weighted by Crippen LogP contribution is -2.31. The molecule has 4 heteroatoms. The normalized spacial score (nSPS) is 22.9. The average Bonchev–Trinajstić information content (AvgIpc) is 2.97. The summed E-state index contributed by atoms with van der Waals surface area (Å²) in [6.45, 7) is 7.26. The number of aromatic nitrogens is 2. The average molecular weight is 305 g/mol. The zero-order chi connectivity index (χ0) is 15.6. The Morgan fingerprint density at radius 2 is 1.77 bits per heavy atom. The van der Waals surface area contributed by atoms with Crippen molar-refractivity contribution < 1.29 is 4.52 Å². The summed E-state index contributed by atoms with van der Waals surface area (Å²) in [6.07, 6.45) is 12.9. The van der Waals surface area contributed by atoms with Gasteiger partial charge in [0.25, 0.3) is 5.95 Å². The molecule has 3 rings (SSSR count). The first-order chi connectivity index (χ1) is 10.5. The van der Waals surface area contributed by atoms with E-state index < -0.39 is 0 Å². The Hall–Kier alpha value is -1.06. The molecule has 2 saturated carbocycles. The fourth-order valence-electron chi connectivity index (χ4n) is 4.13. The molecule has 2 aliphatic rings. The molecule has 2 aliphatic carbocycles. The summed E-state index contributed by atoms with van der Waals surface area (Å²) in [7, 11) is 0. The summed E-state index contributed by atoms with van der Waals surface area (Å²) < 4.78 is 5.34. The molecule has 1 aromatic rings. The highest BCUT2D eigenvalue weighted by Crippen LogP contribution is 2.48. The Balaban J connectivity index is 1.46. The third kappa shape index (κ3) is 3.64. The molecule has 0 atom stereocenters. The van der Waals surface area contributed by atoms with Gasteiger partial charge in [0.15, 0.2) is 0 Å². The van der Waals surface area contributed by atoms with E-state index in [0.717, 1.165) is 12.5 Å². The van der Waals surface area contributed by atoms with Crippen LogP contribution in [0.5, 0.6) is 0 Å². The van der Waals surface area contributed by atoms with Gasteiger partial charge in [-0.2, -0.15) is 4.98 Å². The summed E-state index contributed by atoms with van der Waals surface area (Å²) in [5, 5.41) is 7.44. The second-order valence-electron chi connectivity index (χ2n) is 8.56. The molecule has 0 bridgehead atoms. The Kier molecular flexibility index (Phi) is 4.47. The molecule has 124 valence electrons. The summed E-state index contributed by atoms with van der Waals surface area (Å²) >= 11 is 0. The Morgan fingerprint density at radius 3 is 2.36 bits per heavy atom. The number of hydrogen-bond donors (Lipinski definition) is 1. The number of hydrogen-bond acceptors (Lipinski definition) is 4. The van der Waals surface area contributed by atoms with E-state index in [-0.39, 0.29) is 5.41 Å². The molecule has 0 radical (unpaired) electrons. The van der Waals surface area contributed by atoms with Crippen molar-refractivity contribution in [2.75, 3.05) is 11.9 Å². The van der Waals surface area contributed by atoms with E-state index in [9.17, 15) is 0 Å². The van der Waals surface area contributed by atoms with Gasteiger partial charge in [-0.15, -0.1) is 0 Å². The van der Waals surface area contributed by atoms with Crippen LogP contribution in [0.2, 0.25) is 0 Å². The molecule has 0 unspecified atom stereocenters. The zero-order valence-electron chi connectivity index (χ0n) is 14.5. The quantitative estimate of drug-likeness (QED) is 0.861. The second kappa shape index (κ2) is 6.21. The molecule has 0 aliphatic heterocycles. The minimum atomic E-state index is -0.0782. The van der Waals surface area contributed by atoms with E-state index in [0.29, 0.717) is 17.3 Å². The SMILES string of the molecule is CC(C)(C)c1nc(NCC2CCC3(CCCCC3)CC2)no1. The van der Waals surface area contributed by atoms with Crippen LogP contribution in [0.25, 0.3) is 0 Å². The van der Waals surface area contributed by atoms with Gasteiger partial charge in [0.05, 0.1) is 0 Å². The lowest BCUT2D eigenvalue weighted by Gasteiger charge is -2.43. The van der Waals surface area contributed by atoms with E-state index in [2.05, 4.69) is 36.2 Å². The number of nitrogens with zero attached hydrogens (tertiary/aromatic N) is 2. The zero-order valence-corrected chi connectivity index (χ0v) is 14.5. The predicted molar refractivity (Wildman–Crippen MR) is 89.0 cm³/mol. The first-order valence-electron chi connectivity index (χ1n) is 9.05. The third-order valence-corrected chi connectivity index (χ3v) is 5.70. The lowest BCUT2D eigenvalue weighted by atomic mass is 9.63. The van der Waals surface area contributed by atoms with Crippen molar-refractivity contribution in [1.29, 1.82) is 0 Å². The van der Waals surface area contributed by atoms with Crippen LogP contribution >= 0.6 is 0 Å². The highest BCUT2D eigenvalue weighted by Gasteiger charge is 2.36. The van der Waals surface area contributed by atoms with E-state index in [1.54, 1.807) is 0 Å². The third-order valence-electron chi connectivity index (χ3n) is 5.70. The fourth-order valence-corrected chi connectivity index (χ4v) is 4.13. The van der Waals surface area contributed by atoms with Crippen LogP contribution in [0.1, 0.15) is 84.4 Å². The maximum Gasteiger partial charge on any atom is 0.263 e. The minimum absolute atomic E-state index is 0.0782. The first kappa shape index (κ1) is 15.8. The monoisotopic (exact) mass is 305 g/mol. The van der Waals surface area contributed by atoms with Crippen molar-refractivity contribution in [3.63, 3.8) is 0 Å². The molecule has 1 N–H and O–H groups in total. The molecular weight excluding hydrogens is 274 g/mol. The van der Waals surface area contributed by atoms with Crippen molar-refractivity contribution in [2.45, 2.75) is 84.0 Å². The molecule has 1 spiro atoms. The molecule has 1 aromatic heterocycles. The molecule has 0 aromatic carbocycles. The molecule has 2 fully saturated rings. The lowest BCUT2D eigenvalue weighted by molar-refractivity contribution is 0.100. The van der Waals surface area contributed by atoms with Crippen LogP contribution in [-0.2, 0) is 5.41 Å². The fraction of sp³-hybridized carbons (Fsp3) is 0.889. The van der Waals surface area contributed by atoms with Gasteiger partial charge in [-0.1, -0.05) is 40.0 Å². The molecule has 0 amide bonds. The van der Waals surface area contributed by atoms with Crippen LogP contribution in [0.3, 0.4) is 0 Å². The van der Waals surface area contributed by atoms with Crippen LogP contribution in [0, 0.1) is 11.3 Å². The van der Waals surface area contributed by atoms with Crippen molar-refractivity contribution in [3.8, 4) is 0 Å². The Morgan fingerprint density at radius 1 is 1.09 bits per heavy atom. The van der Waals surface area contributed by atoms with Crippen molar-refractivity contribution in [2.24, 2.45) is 11.3 Å². The van der Waals surface area contributed by atoms with Gasteiger partial charge in [-0.25, -0.2) is 0 Å². The van der Waals surface area contributed by atoms with Crippen molar-refractivity contribution in [3.05, 3.63) is 5.89 Å². The minimum Gasteiger partial charge on any atom is -0.351 e. The highest BCUT2D eigenvalue weighted by atomic mass is 16.5. The first-order valence-corrected chi connectivity index (χ1v) is 9.05. The topological polar surface area (TPSA) is 51.0 Å². The molecule has 0 saturated heterocycles. The largest absolute Gasteiger partial charge is 0.351 e. The maximum absolute atomic E-state index is 5.34. The molecule has 22 heavy (non-hydrogen) atoms. The summed E-state index contributed by atoms with van der Waals surface area (Å²) in [4.78, 5) is 4.46. The van der Waals surface area contributed by atoms with E-state index in [1.165, 1.54) is 57.8 Å². The van der Waals surface area contributed by atoms with Gasteiger partial charge >= 0.3 is 0 Å². The highest BCUT2D eigenvalue weighted by molar-refractivity contribution is 5.22. The van der Waals surface area contributed by atoms with Gasteiger partial charge in [-0.05, 0) is 55.0 Å². The van der Waals surface area contributed by atoms with Gasteiger partial charge < -0.3 is 9.84 Å². The maximum atomic E-state index is 5.34. The molecule has 1 heterocycles. The van der Waals surface area contributed by atoms with Crippen molar-refractivity contribution in [1.82, 2.24) is 10.1 Å². The summed E-state index contributed by atoms with van der Waals surface area (Å²) in [6, 6.07) is 0. The van der Waals surface area contributed by atoms with Gasteiger partial charge in [0.1, 0.15) is 0 Å². The van der Waals surface area contributed by atoms with Gasteiger partial charge in [0, 0.05) is 12.0 Å². The number of rotatable bonds is 3. The van der Waals surface area contributed by atoms with Gasteiger partial charge in [0.2, 0.25) is 5.89 Å². The number of nitrogens with one attached hydrogen (secondary N) is 1. The van der Waals surface area contributed by atoms with Crippen LogP contribution < -0.4 is 5.32 Å². The van der Waals surface area contributed by atoms with Crippen LogP contribution in [0.4, 0.5) is 5.95 Å². The van der Waals surface area contributed by atoms with E-state index in [1.807, 2.05) is 0 Å². The van der Waals surface area contributed by atoms with Crippen LogP contribution in [0.15, 0.2) is 4.52 Å². The van der Waals surface area contributed by atoms with Gasteiger partial charge in [-0.3, -0.25) is 0 Å². The van der Waals surface area contributed by atoms with E-state index in [4.69, 9.17) is 4.52 Å². The van der Waals surface area contributed by atoms with Crippen LogP contribution in [-0.4, -0.2) is 16.7 Å². The second-order valence-corrected chi connectivity index (χ2v) is 8.56. The molecule has 4 nitrogen and oxygen atoms in total. The standard InChI is InChI=1S/C18H31N3O/c1-17(2,3)15-20-16(21-22-15)19-13-14-7-11-18(12-8-14)9-5-4-6-10-18/h14H,4-13H2,1-3H3,(H,19,21). The predicted octanol–water partition coefficient (Wildman–Crippen LogP) is 4.92. The number of anilines is 1. The summed E-state index contributed by atoms with van der Waals surface area (Å²) in [5.41, 5.74) is 0.630.